The summed E-state index contributed by atoms with van der Waals surface area (Å²) in [7, 11) is 1.46. The van der Waals surface area contributed by atoms with E-state index < -0.39 is 12.0 Å². The molecule has 1 aromatic rings. The van der Waals surface area contributed by atoms with Gasteiger partial charge in [0.05, 0.1) is 17.7 Å². The Morgan fingerprint density at radius 3 is 2.88 bits per heavy atom. The number of carbonyl (C=O) groups is 1. The van der Waals surface area contributed by atoms with E-state index in [1.165, 1.54) is 7.11 Å². The lowest BCUT2D eigenvalue weighted by Crippen LogP contribution is -2.29. The number of rotatable bonds is 4. The molecule has 0 bridgehead atoms. The molecule has 0 heterocycles. The van der Waals surface area contributed by atoms with Gasteiger partial charge in [-0.05, 0) is 19.1 Å². The Morgan fingerprint density at radius 1 is 1.62 bits per heavy atom. The van der Waals surface area contributed by atoms with Crippen LogP contribution < -0.4 is 10.1 Å². The summed E-state index contributed by atoms with van der Waals surface area (Å²) in [6, 6.07) is 4.93. The Kier molecular flexibility index (Phi) is 4.58. The summed E-state index contributed by atoms with van der Waals surface area (Å²) < 4.78 is 5.05. The molecule has 0 aliphatic heterocycles. The van der Waals surface area contributed by atoms with Crippen LogP contribution in [0.1, 0.15) is 18.6 Å². The van der Waals surface area contributed by atoms with Crippen LogP contribution >= 0.6 is 11.6 Å². The second-order valence-electron chi connectivity index (χ2n) is 3.15. The molecular weight excluding hydrogens is 230 g/mol. The van der Waals surface area contributed by atoms with Crippen molar-refractivity contribution in [1.29, 1.82) is 0 Å². The molecule has 0 aromatic heterocycles. The van der Waals surface area contributed by atoms with Crippen molar-refractivity contribution in [1.82, 2.24) is 5.32 Å². The number of amides is 1. The van der Waals surface area contributed by atoms with Crippen molar-refractivity contribution in [2.24, 2.45) is 0 Å². The molecule has 0 saturated carbocycles. The van der Waals surface area contributed by atoms with Crippen LogP contribution in [0.25, 0.3) is 0 Å². The largest absolute Gasteiger partial charge is 0.496 e. The molecule has 0 fully saturated rings. The van der Waals surface area contributed by atoms with Crippen LogP contribution in [0.3, 0.4) is 0 Å². The number of aliphatic hydroxyl groups excluding tert-OH is 1. The fourth-order valence-electron chi connectivity index (χ4n) is 1.36. The number of aliphatic hydroxyl groups is 1. The van der Waals surface area contributed by atoms with Crippen LogP contribution in [0.15, 0.2) is 18.2 Å². The lowest BCUT2D eigenvalue weighted by Gasteiger charge is -2.15. The first-order valence-corrected chi connectivity index (χ1v) is 5.27. The third kappa shape index (κ3) is 2.65. The first kappa shape index (κ1) is 12.8. The zero-order valence-electron chi connectivity index (χ0n) is 9.16. The lowest BCUT2D eigenvalue weighted by molar-refractivity contribution is -0.129. The summed E-state index contributed by atoms with van der Waals surface area (Å²) in [5.74, 6) is -0.0971. The van der Waals surface area contributed by atoms with E-state index in [9.17, 15) is 9.90 Å². The number of hydrogen-bond donors (Lipinski definition) is 2. The summed E-state index contributed by atoms with van der Waals surface area (Å²) in [6.45, 7) is 2.22. The number of carbonyl (C=O) groups excluding carboxylic acids is 1. The second kappa shape index (κ2) is 5.72. The third-order valence-corrected chi connectivity index (χ3v) is 2.44. The molecule has 0 spiro atoms. The molecule has 5 heteroatoms. The maximum atomic E-state index is 11.5. The quantitative estimate of drug-likeness (QED) is 0.843. The minimum atomic E-state index is -1.32. The number of methoxy groups -OCH3 is 1. The molecule has 4 nitrogen and oxygen atoms in total. The summed E-state index contributed by atoms with van der Waals surface area (Å²) in [5, 5.41) is 12.7. The SMILES string of the molecule is CCNC(=O)C(O)c1c(Cl)cccc1OC. The van der Waals surface area contributed by atoms with Gasteiger partial charge >= 0.3 is 0 Å². The van der Waals surface area contributed by atoms with Gasteiger partial charge in [0.1, 0.15) is 5.75 Å². The normalized spacial score (nSPS) is 12.0. The van der Waals surface area contributed by atoms with Crippen molar-refractivity contribution in [3.05, 3.63) is 28.8 Å². The van der Waals surface area contributed by atoms with Crippen LogP contribution in [-0.4, -0.2) is 24.7 Å². The second-order valence-corrected chi connectivity index (χ2v) is 3.56. The monoisotopic (exact) mass is 243 g/mol. The van der Waals surface area contributed by atoms with Gasteiger partial charge in [-0.3, -0.25) is 4.79 Å². The van der Waals surface area contributed by atoms with E-state index in [4.69, 9.17) is 16.3 Å². The minimum Gasteiger partial charge on any atom is -0.496 e. The zero-order valence-corrected chi connectivity index (χ0v) is 9.91. The van der Waals surface area contributed by atoms with Crippen molar-refractivity contribution in [2.45, 2.75) is 13.0 Å². The molecule has 2 N–H and O–H groups in total. The zero-order chi connectivity index (χ0) is 12.1. The van der Waals surface area contributed by atoms with Gasteiger partial charge in [0.2, 0.25) is 0 Å². The highest BCUT2D eigenvalue weighted by Crippen LogP contribution is 2.32. The highest BCUT2D eigenvalue weighted by molar-refractivity contribution is 6.31. The van der Waals surface area contributed by atoms with E-state index in [1.54, 1.807) is 25.1 Å². The Hall–Kier alpha value is -1.26. The highest BCUT2D eigenvalue weighted by Gasteiger charge is 2.23. The fourth-order valence-corrected chi connectivity index (χ4v) is 1.63. The number of nitrogens with one attached hydrogen (secondary N) is 1. The van der Waals surface area contributed by atoms with E-state index in [0.717, 1.165) is 0 Å². The van der Waals surface area contributed by atoms with Gasteiger partial charge in [-0.2, -0.15) is 0 Å². The lowest BCUT2D eigenvalue weighted by atomic mass is 10.1. The van der Waals surface area contributed by atoms with E-state index >= 15 is 0 Å². The van der Waals surface area contributed by atoms with Gasteiger partial charge in [-0.1, -0.05) is 17.7 Å². The molecule has 0 aliphatic carbocycles. The summed E-state index contributed by atoms with van der Waals surface area (Å²) >= 11 is 5.93. The predicted molar refractivity (Wildman–Crippen MR) is 61.6 cm³/mol. The first-order chi connectivity index (χ1) is 7.61. The number of ether oxygens (including phenoxy) is 1. The molecular formula is C11H14ClNO3. The van der Waals surface area contributed by atoms with Gasteiger partial charge in [0.25, 0.3) is 5.91 Å². The molecule has 0 aliphatic rings. The Balaban J connectivity index is 3.06. The average Bonchev–Trinajstić information content (AvgIpc) is 2.28. The summed E-state index contributed by atoms with van der Waals surface area (Å²) in [4.78, 5) is 11.5. The molecule has 88 valence electrons. The Bertz CT molecular complexity index is 381. The molecule has 1 amide bonds. The van der Waals surface area contributed by atoms with Crippen molar-refractivity contribution in [2.75, 3.05) is 13.7 Å². The fraction of sp³-hybridized carbons (Fsp3) is 0.364. The maximum Gasteiger partial charge on any atom is 0.253 e. The van der Waals surface area contributed by atoms with Crippen LogP contribution in [0.2, 0.25) is 5.02 Å². The van der Waals surface area contributed by atoms with Crippen LogP contribution in [0.4, 0.5) is 0 Å². The number of hydrogen-bond acceptors (Lipinski definition) is 3. The van der Waals surface area contributed by atoms with E-state index in [0.29, 0.717) is 17.3 Å². The van der Waals surface area contributed by atoms with Crippen molar-refractivity contribution in [3.63, 3.8) is 0 Å². The molecule has 16 heavy (non-hydrogen) atoms. The van der Waals surface area contributed by atoms with Gasteiger partial charge in [0, 0.05) is 6.54 Å². The van der Waals surface area contributed by atoms with Crippen LogP contribution in [0.5, 0.6) is 5.75 Å². The van der Waals surface area contributed by atoms with E-state index in [2.05, 4.69) is 5.32 Å². The number of halogens is 1. The predicted octanol–water partition coefficient (Wildman–Crippen LogP) is 1.52. The van der Waals surface area contributed by atoms with Crippen LogP contribution in [0, 0.1) is 0 Å². The van der Waals surface area contributed by atoms with Gasteiger partial charge in [0.15, 0.2) is 6.10 Å². The van der Waals surface area contributed by atoms with Gasteiger partial charge in [-0.15, -0.1) is 0 Å². The topological polar surface area (TPSA) is 58.6 Å². The molecule has 0 radical (unpaired) electrons. The van der Waals surface area contributed by atoms with Crippen molar-refractivity contribution in [3.8, 4) is 5.75 Å². The summed E-state index contributed by atoms with van der Waals surface area (Å²) in [6.07, 6.45) is -1.32. The van der Waals surface area contributed by atoms with Gasteiger partial charge < -0.3 is 15.2 Å². The maximum absolute atomic E-state index is 11.5. The average molecular weight is 244 g/mol. The summed E-state index contributed by atoms with van der Waals surface area (Å²) in [5.41, 5.74) is 0.289. The van der Waals surface area contributed by atoms with Crippen molar-refractivity contribution >= 4 is 17.5 Å². The molecule has 1 aromatic carbocycles. The third-order valence-electron chi connectivity index (χ3n) is 2.11. The van der Waals surface area contributed by atoms with Gasteiger partial charge in [-0.25, -0.2) is 0 Å². The van der Waals surface area contributed by atoms with E-state index in [-0.39, 0.29) is 5.56 Å². The standard InChI is InChI=1S/C11H14ClNO3/c1-3-13-11(15)10(14)9-7(12)5-4-6-8(9)16-2/h4-6,10,14H,3H2,1-2H3,(H,13,15). The number of likely N-dealkylation sites (N-methyl/N-ethyl adjacent to an activating group) is 1. The van der Waals surface area contributed by atoms with Crippen LogP contribution in [-0.2, 0) is 4.79 Å². The molecule has 1 atom stereocenters. The van der Waals surface area contributed by atoms with Crippen molar-refractivity contribution < 1.29 is 14.6 Å². The first-order valence-electron chi connectivity index (χ1n) is 4.90. The Morgan fingerprint density at radius 2 is 2.31 bits per heavy atom. The highest BCUT2D eigenvalue weighted by atomic mass is 35.5. The Labute approximate surface area is 99.2 Å². The van der Waals surface area contributed by atoms with E-state index in [1.807, 2.05) is 0 Å². The molecule has 1 rings (SSSR count). The smallest absolute Gasteiger partial charge is 0.253 e. The minimum absolute atomic E-state index is 0.289. The number of benzene rings is 1. The molecule has 1 unspecified atom stereocenters. The molecule has 0 saturated heterocycles.